The number of carbonyl (C=O) groups is 1. The first-order valence-electron chi connectivity index (χ1n) is 7.64. The second-order valence-electron chi connectivity index (χ2n) is 6.12. The van der Waals surface area contributed by atoms with Gasteiger partial charge in [0.2, 0.25) is 0 Å². The number of piperidine rings is 1. The van der Waals surface area contributed by atoms with Crippen molar-refractivity contribution < 1.29 is 9.53 Å². The number of likely N-dealkylation sites (tertiary alicyclic amines) is 1. The fourth-order valence-corrected chi connectivity index (χ4v) is 2.57. The molecule has 0 radical (unpaired) electrons. The standard InChI is InChI=1S/C17H23N3O2/c1-13(2)22-16(21)14-6-4-5-7-15(14)19-17(12-18)8-10-20(3)11-9-17/h4-7,13,19H,8-11H2,1-3H3. The third-order valence-electron chi connectivity index (χ3n) is 3.92. The van der Waals surface area contributed by atoms with Gasteiger partial charge in [-0.1, -0.05) is 12.1 Å². The average Bonchev–Trinajstić information content (AvgIpc) is 2.50. The summed E-state index contributed by atoms with van der Waals surface area (Å²) in [7, 11) is 2.05. The van der Waals surface area contributed by atoms with Crippen LogP contribution in [0.1, 0.15) is 37.0 Å². The maximum atomic E-state index is 12.2. The molecule has 0 amide bonds. The smallest absolute Gasteiger partial charge is 0.340 e. The van der Waals surface area contributed by atoms with Gasteiger partial charge in [-0.3, -0.25) is 0 Å². The fraction of sp³-hybridized carbons (Fsp3) is 0.529. The lowest BCUT2D eigenvalue weighted by atomic mass is 9.88. The van der Waals surface area contributed by atoms with E-state index in [1.54, 1.807) is 12.1 Å². The van der Waals surface area contributed by atoms with Gasteiger partial charge in [0.05, 0.1) is 17.7 Å². The molecule has 1 aromatic rings. The summed E-state index contributed by atoms with van der Waals surface area (Å²) < 4.78 is 5.28. The first kappa shape index (κ1) is 16.3. The minimum atomic E-state index is -0.624. The maximum absolute atomic E-state index is 12.2. The van der Waals surface area contributed by atoms with E-state index in [1.165, 1.54) is 0 Å². The van der Waals surface area contributed by atoms with Crippen molar-refractivity contribution in [3.63, 3.8) is 0 Å². The Labute approximate surface area is 131 Å². The molecule has 22 heavy (non-hydrogen) atoms. The van der Waals surface area contributed by atoms with Crippen molar-refractivity contribution >= 4 is 11.7 Å². The molecular weight excluding hydrogens is 278 g/mol. The lowest BCUT2D eigenvalue weighted by molar-refractivity contribution is 0.0379. The van der Waals surface area contributed by atoms with E-state index < -0.39 is 5.54 Å². The molecule has 1 aliphatic heterocycles. The van der Waals surface area contributed by atoms with Gasteiger partial charge in [0.1, 0.15) is 5.54 Å². The lowest BCUT2D eigenvalue weighted by Crippen LogP contribution is -2.47. The molecule has 0 aliphatic carbocycles. The van der Waals surface area contributed by atoms with Crippen LogP contribution in [0.3, 0.4) is 0 Å². The van der Waals surface area contributed by atoms with Crippen LogP contribution in [0.4, 0.5) is 5.69 Å². The number of esters is 1. The van der Waals surface area contributed by atoms with Crippen molar-refractivity contribution in [2.24, 2.45) is 0 Å². The van der Waals surface area contributed by atoms with Gasteiger partial charge >= 0.3 is 5.97 Å². The molecule has 1 heterocycles. The number of hydrogen-bond donors (Lipinski definition) is 1. The van der Waals surface area contributed by atoms with Crippen LogP contribution in [0.15, 0.2) is 24.3 Å². The first-order chi connectivity index (χ1) is 10.5. The van der Waals surface area contributed by atoms with Gasteiger partial charge in [0.25, 0.3) is 0 Å². The van der Waals surface area contributed by atoms with Gasteiger partial charge in [-0.15, -0.1) is 0 Å². The van der Waals surface area contributed by atoms with E-state index in [4.69, 9.17) is 4.74 Å². The number of para-hydroxylation sites is 1. The lowest BCUT2D eigenvalue weighted by Gasteiger charge is -2.37. The molecule has 0 unspecified atom stereocenters. The highest BCUT2D eigenvalue weighted by Gasteiger charge is 2.34. The van der Waals surface area contributed by atoms with Gasteiger partial charge in [0, 0.05) is 18.8 Å². The van der Waals surface area contributed by atoms with Gasteiger partial charge < -0.3 is 15.0 Å². The van der Waals surface area contributed by atoms with Crippen molar-refractivity contribution in [3.8, 4) is 6.07 Å². The maximum Gasteiger partial charge on any atom is 0.340 e. The SMILES string of the molecule is CC(C)OC(=O)c1ccccc1NC1(C#N)CCN(C)CC1. The third kappa shape index (κ3) is 3.77. The summed E-state index contributed by atoms with van der Waals surface area (Å²) in [6.07, 6.45) is 1.29. The van der Waals surface area contributed by atoms with Crippen molar-refractivity contribution in [1.82, 2.24) is 4.90 Å². The number of nitrogens with zero attached hydrogens (tertiary/aromatic N) is 2. The summed E-state index contributed by atoms with van der Waals surface area (Å²) in [5, 5.41) is 12.9. The highest BCUT2D eigenvalue weighted by molar-refractivity contribution is 5.95. The zero-order chi connectivity index (χ0) is 16.2. The largest absolute Gasteiger partial charge is 0.459 e. The van der Waals surface area contributed by atoms with Crippen LogP contribution in [-0.4, -0.2) is 42.6 Å². The number of anilines is 1. The molecule has 1 aromatic carbocycles. The Balaban J connectivity index is 2.22. The van der Waals surface area contributed by atoms with E-state index in [-0.39, 0.29) is 12.1 Å². The van der Waals surface area contributed by atoms with E-state index in [9.17, 15) is 10.1 Å². The molecule has 0 aromatic heterocycles. The highest BCUT2D eigenvalue weighted by Crippen LogP contribution is 2.28. The Bertz CT molecular complexity index is 570. The summed E-state index contributed by atoms with van der Waals surface area (Å²) in [6.45, 7) is 5.36. The molecule has 0 saturated carbocycles. The quantitative estimate of drug-likeness (QED) is 0.866. The summed E-state index contributed by atoms with van der Waals surface area (Å²) in [5.74, 6) is -0.362. The van der Waals surface area contributed by atoms with Crippen molar-refractivity contribution in [3.05, 3.63) is 29.8 Å². The summed E-state index contributed by atoms with van der Waals surface area (Å²) >= 11 is 0. The van der Waals surface area contributed by atoms with E-state index in [0.717, 1.165) is 25.9 Å². The molecule has 0 bridgehead atoms. The second-order valence-corrected chi connectivity index (χ2v) is 6.12. The van der Waals surface area contributed by atoms with E-state index >= 15 is 0 Å². The molecule has 5 nitrogen and oxygen atoms in total. The predicted octanol–water partition coefficient (Wildman–Crippen LogP) is 2.65. The third-order valence-corrected chi connectivity index (χ3v) is 3.92. The van der Waals surface area contributed by atoms with Crippen LogP contribution in [-0.2, 0) is 4.74 Å². The highest BCUT2D eigenvalue weighted by atomic mass is 16.5. The molecule has 1 aliphatic rings. The van der Waals surface area contributed by atoms with E-state index in [2.05, 4.69) is 23.3 Å². The average molecular weight is 301 g/mol. The van der Waals surface area contributed by atoms with Crippen LogP contribution < -0.4 is 5.32 Å². The number of rotatable bonds is 4. The van der Waals surface area contributed by atoms with Crippen molar-refractivity contribution in [1.29, 1.82) is 5.26 Å². The predicted molar refractivity (Wildman–Crippen MR) is 85.7 cm³/mol. The molecule has 2 rings (SSSR count). The van der Waals surface area contributed by atoms with Crippen molar-refractivity contribution in [2.75, 3.05) is 25.5 Å². The molecule has 1 saturated heterocycles. The monoisotopic (exact) mass is 301 g/mol. The number of benzene rings is 1. The zero-order valence-electron chi connectivity index (χ0n) is 13.4. The van der Waals surface area contributed by atoms with Crippen LogP contribution in [0.5, 0.6) is 0 Å². The van der Waals surface area contributed by atoms with Crippen LogP contribution in [0.2, 0.25) is 0 Å². The Morgan fingerprint density at radius 1 is 1.36 bits per heavy atom. The normalized spacial score (nSPS) is 17.8. The molecule has 0 spiro atoms. The van der Waals surface area contributed by atoms with Gasteiger partial charge in [0.15, 0.2) is 0 Å². The number of ether oxygens (including phenoxy) is 1. The van der Waals surface area contributed by atoms with Gasteiger partial charge in [-0.2, -0.15) is 5.26 Å². The van der Waals surface area contributed by atoms with Crippen LogP contribution in [0.25, 0.3) is 0 Å². The molecule has 1 fully saturated rings. The summed E-state index contributed by atoms with van der Waals surface area (Å²) in [4.78, 5) is 14.4. The molecule has 1 N–H and O–H groups in total. The Morgan fingerprint density at radius 2 is 2.00 bits per heavy atom. The Kier molecular flexibility index (Phi) is 5.04. The topological polar surface area (TPSA) is 65.4 Å². The zero-order valence-corrected chi connectivity index (χ0v) is 13.4. The summed E-state index contributed by atoms with van der Waals surface area (Å²) in [5.41, 5.74) is 0.518. The van der Waals surface area contributed by atoms with E-state index in [0.29, 0.717) is 11.3 Å². The minimum absolute atomic E-state index is 0.172. The molecular formula is C17H23N3O2. The summed E-state index contributed by atoms with van der Waals surface area (Å²) in [6, 6.07) is 9.62. The Morgan fingerprint density at radius 3 is 2.59 bits per heavy atom. The first-order valence-corrected chi connectivity index (χ1v) is 7.64. The van der Waals surface area contributed by atoms with Gasteiger partial charge in [-0.25, -0.2) is 4.79 Å². The number of nitriles is 1. The molecule has 118 valence electrons. The minimum Gasteiger partial charge on any atom is -0.459 e. The number of carbonyl (C=O) groups excluding carboxylic acids is 1. The van der Waals surface area contributed by atoms with Crippen LogP contribution >= 0.6 is 0 Å². The Hall–Kier alpha value is -2.06. The number of nitrogens with one attached hydrogen (secondary N) is 1. The van der Waals surface area contributed by atoms with Crippen molar-refractivity contribution in [2.45, 2.75) is 38.3 Å². The van der Waals surface area contributed by atoms with Gasteiger partial charge in [-0.05, 0) is 45.9 Å². The fourth-order valence-electron chi connectivity index (χ4n) is 2.57. The number of hydrogen-bond acceptors (Lipinski definition) is 5. The molecule has 0 atom stereocenters. The van der Waals surface area contributed by atoms with Crippen LogP contribution in [0, 0.1) is 11.3 Å². The second kappa shape index (κ2) is 6.80. The molecule has 5 heteroatoms. The van der Waals surface area contributed by atoms with E-state index in [1.807, 2.05) is 26.0 Å².